The minimum Gasteiger partial charge on any atom is -0.391 e. The van der Waals surface area contributed by atoms with Crippen molar-refractivity contribution >= 4 is 0 Å². The maximum atomic E-state index is 10.0. The molecule has 1 spiro atoms. The minimum absolute atomic E-state index is 0.0320. The molecule has 2 nitrogen and oxygen atoms in total. The average molecular weight is 237 g/mol. The molecule has 98 valence electrons. The number of nitrogens with zero attached hydrogens (tertiary/aromatic N) is 1. The van der Waals surface area contributed by atoms with Crippen LogP contribution < -0.4 is 0 Å². The smallest absolute Gasteiger partial charge is 0.0695 e. The van der Waals surface area contributed by atoms with E-state index in [0.29, 0.717) is 11.5 Å². The van der Waals surface area contributed by atoms with Crippen molar-refractivity contribution < 1.29 is 5.11 Å². The van der Waals surface area contributed by atoms with Crippen LogP contribution in [0.25, 0.3) is 0 Å². The molecule has 2 aliphatic carbocycles. The molecule has 3 aliphatic rings. The fraction of sp³-hybridized carbons (Fsp3) is 1.00. The summed E-state index contributed by atoms with van der Waals surface area (Å²) in [5.74, 6) is 0. The number of hydrogen-bond acceptors (Lipinski definition) is 2. The third-order valence-corrected chi connectivity index (χ3v) is 5.69. The van der Waals surface area contributed by atoms with Gasteiger partial charge in [0.2, 0.25) is 0 Å². The van der Waals surface area contributed by atoms with Gasteiger partial charge >= 0.3 is 0 Å². The molecule has 2 heteroatoms. The molecule has 1 aliphatic heterocycles. The lowest BCUT2D eigenvalue weighted by Gasteiger charge is -2.46. The van der Waals surface area contributed by atoms with E-state index in [0.717, 1.165) is 6.42 Å². The number of aliphatic hydroxyl groups is 1. The lowest BCUT2D eigenvalue weighted by atomic mass is 9.68. The summed E-state index contributed by atoms with van der Waals surface area (Å²) in [5.41, 5.74) is 0.707. The van der Waals surface area contributed by atoms with Gasteiger partial charge in [-0.05, 0) is 63.5 Å². The zero-order chi connectivity index (χ0) is 11.7. The Hall–Kier alpha value is -0.0800. The summed E-state index contributed by atoms with van der Waals surface area (Å²) in [6.07, 6.45) is 13.6. The Morgan fingerprint density at radius 3 is 2.12 bits per heavy atom. The van der Waals surface area contributed by atoms with Gasteiger partial charge in [0.05, 0.1) is 6.10 Å². The SMILES string of the molecule is OC1CCCC1N1CCC2(CCCCC2)CC1. The van der Waals surface area contributed by atoms with Crippen molar-refractivity contribution in [3.63, 3.8) is 0 Å². The van der Waals surface area contributed by atoms with E-state index in [9.17, 15) is 5.11 Å². The minimum atomic E-state index is -0.0320. The van der Waals surface area contributed by atoms with Crippen LogP contribution in [0.15, 0.2) is 0 Å². The molecular weight excluding hydrogens is 210 g/mol. The van der Waals surface area contributed by atoms with E-state index in [2.05, 4.69) is 4.90 Å². The molecular formula is C15H27NO. The van der Waals surface area contributed by atoms with Crippen LogP contribution in [-0.2, 0) is 0 Å². The van der Waals surface area contributed by atoms with E-state index in [4.69, 9.17) is 0 Å². The molecule has 17 heavy (non-hydrogen) atoms. The van der Waals surface area contributed by atoms with Crippen LogP contribution in [-0.4, -0.2) is 35.2 Å². The van der Waals surface area contributed by atoms with Crippen molar-refractivity contribution in [2.24, 2.45) is 5.41 Å². The molecule has 0 aromatic carbocycles. The largest absolute Gasteiger partial charge is 0.391 e. The summed E-state index contributed by atoms with van der Waals surface area (Å²) in [7, 11) is 0. The maximum Gasteiger partial charge on any atom is 0.0695 e. The highest BCUT2D eigenvalue weighted by atomic mass is 16.3. The van der Waals surface area contributed by atoms with E-state index < -0.39 is 0 Å². The molecule has 0 radical (unpaired) electrons. The van der Waals surface area contributed by atoms with Gasteiger partial charge in [-0.2, -0.15) is 0 Å². The Morgan fingerprint density at radius 1 is 0.824 bits per heavy atom. The van der Waals surface area contributed by atoms with Crippen molar-refractivity contribution in [3.8, 4) is 0 Å². The first-order valence-electron chi connectivity index (χ1n) is 7.71. The lowest BCUT2D eigenvalue weighted by Crippen LogP contribution is -2.48. The lowest BCUT2D eigenvalue weighted by molar-refractivity contribution is 0.00926. The predicted octanol–water partition coefficient (Wildman–Crippen LogP) is 2.95. The fourth-order valence-corrected chi connectivity index (χ4v) is 4.48. The number of likely N-dealkylation sites (tertiary alicyclic amines) is 1. The van der Waals surface area contributed by atoms with E-state index in [1.165, 1.54) is 70.9 Å². The van der Waals surface area contributed by atoms with Crippen molar-refractivity contribution in [2.45, 2.75) is 76.4 Å². The van der Waals surface area contributed by atoms with Gasteiger partial charge in [0.25, 0.3) is 0 Å². The fourth-order valence-electron chi connectivity index (χ4n) is 4.48. The van der Waals surface area contributed by atoms with Gasteiger partial charge in [-0.1, -0.05) is 19.3 Å². The van der Waals surface area contributed by atoms with Crippen LogP contribution in [0, 0.1) is 5.41 Å². The predicted molar refractivity (Wildman–Crippen MR) is 70.0 cm³/mol. The standard InChI is InChI=1S/C15H27NO/c17-14-6-4-5-13(14)16-11-9-15(10-12-16)7-2-1-3-8-15/h13-14,17H,1-12H2. The summed E-state index contributed by atoms with van der Waals surface area (Å²) in [5, 5.41) is 10.0. The van der Waals surface area contributed by atoms with E-state index in [-0.39, 0.29) is 6.10 Å². The Balaban J connectivity index is 1.56. The highest BCUT2D eigenvalue weighted by Crippen LogP contribution is 2.45. The highest BCUT2D eigenvalue weighted by molar-refractivity contribution is 4.93. The third kappa shape index (κ3) is 2.39. The number of hydrogen-bond donors (Lipinski definition) is 1. The normalized spacial score (nSPS) is 38.6. The number of rotatable bonds is 1. The molecule has 1 N–H and O–H groups in total. The molecule has 3 rings (SSSR count). The van der Waals surface area contributed by atoms with E-state index in [1.807, 2.05) is 0 Å². The van der Waals surface area contributed by atoms with Crippen LogP contribution in [0.4, 0.5) is 0 Å². The van der Waals surface area contributed by atoms with Crippen molar-refractivity contribution in [2.75, 3.05) is 13.1 Å². The zero-order valence-corrected chi connectivity index (χ0v) is 11.0. The highest BCUT2D eigenvalue weighted by Gasteiger charge is 2.39. The van der Waals surface area contributed by atoms with Gasteiger partial charge in [-0.3, -0.25) is 4.90 Å². The van der Waals surface area contributed by atoms with Crippen molar-refractivity contribution in [1.29, 1.82) is 0 Å². The molecule has 2 atom stereocenters. The van der Waals surface area contributed by atoms with Crippen LogP contribution in [0.5, 0.6) is 0 Å². The first kappa shape index (κ1) is 12.0. The second-order valence-electron chi connectivity index (χ2n) is 6.66. The first-order chi connectivity index (χ1) is 8.29. The molecule has 2 saturated carbocycles. The van der Waals surface area contributed by atoms with Crippen molar-refractivity contribution in [1.82, 2.24) is 4.90 Å². The molecule has 0 aromatic rings. The summed E-state index contributed by atoms with van der Waals surface area (Å²) in [6, 6.07) is 0.496. The second kappa shape index (κ2) is 4.89. The quantitative estimate of drug-likeness (QED) is 0.758. The van der Waals surface area contributed by atoms with Gasteiger partial charge in [0.15, 0.2) is 0 Å². The molecule has 0 amide bonds. The first-order valence-corrected chi connectivity index (χ1v) is 7.71. The van der Waals surface area contributed by atoms with Gasteiger partial charge in [0, 0.05) is 6.04 Å². The monoisotopic (exact) mass is 237 g/mol. The Bertz CT molecular complexity index is 250. The maximum absolute atomic E-state index is 10.0. The van der Waals surface area contributed by atoms with Crippen molar-refractivity contribution in [3.05, 3.63) is 0 Å². The molecule has 2 unspecified atom stereocenters. The molecule has 0 bridgehead atoms. The van der Waals surface area contributed by atoms with Gasteiger partial charge in [-0.15, -0.1) is 0 Å². The van der Waals surface area contributed by atoms with Gasteiger partial charge in [-0.25, -0.2) is 0 Å². The second-order valence-corrected chi connectivity index (χ2v) is 6.66. The zero-order valence-electron chi connectivity index (χ0n) is 11.0. The Labute approximate surface area is 105 Å². The third-order valence-electron chi connectivity index (χ3n) is 5.69. The van der Waals surface area contributed by atoms with E-state index in [1.54, 1.807) is 0 Å². The molecule has 3 fully saturated rings. The van der Waals surface area contributed by atoms with E-state index >= 15 is 0 Å². The molecule has 0 aromatic heterocycles. The van der Waals surface area contributed by atoms with Crippen LogP contribution >= 0.6 is 0 Å². The molecule has 1 saturated heterocycles. The number of piperidine rings is 1. The summed E-state index contributed by atoms with van der Waals surface area (Å²) in [6.45, 7) is 2.50. The topological polar surface area (TPSA) is 23.5 Å². The van der Waals surface area contributed by atoms with Gasteiger partial charge in [0.1, 0.15) is 0 Å². The van der Waals surface area contributed by atoms with Gasteiger partial charge < -0.3 is 5.11 Å². The Morgan fingerprint density at radius 2 is 1.53 bits per heavy atom. The average Bonchev–Trinajstić information content (AvgIpc) is 2.78. The molecule has 1 heterocycles. The summed E-state index contributed by atoms with van der Waals surface area (Å²) < 4.78 is 0. The van der Waals surface area contributed by atoms with Crippen LogP contribution in [0.2, 0.25) is 0 Å². The number of aliphatic hydroxyl groups excluding tert-OH is 1. The van der Waals surface area contributed by atoms with Crippen LogP contribution in [0.1, 0.15) is 64.2 Å². The van der Waals surface area contributed by atoms with Crippen LogP contribution in [0.3, 0.4) is 0 Å². The Kier molecular flexibility index (Phi) is 3.45. The summed E-state index contributed by atoms with van der Waals surface area (Å²) in [4.78, 5) is 2.59. The summed E-state index contributed by atoms with van der Waals surface area (Å²) >= 11 is 0.